The third kappa shape index (κ3) is 4.35. The van der Waals surface area contributed by atoms with E-state index in [-0.39, 0.29) is 11.9 Å². The molecule has 1 aromatic carbocycles. The summed E-state index contributed by atoms with van der Waals surface area (Å²) >= 11 is 1.43. The molecule has 1 N–H and O–H groups in total. The Hall–Kier alpha value is -1.79. The second-order valence-corrected chi connectivity index (χ2v) is 6.01. The number of carbonyl (C=O) groups is 1. The van der Waals surface area contributed by atoms with Gasteiger partial charge in [0.1, 0.15) is 0 Å². The van der Waals surface area contributed by atoms with Crippen molar-refractivity contribution in [1.82, 2.24) is 14.9 Å². The van der Waals surface area contributed by atoms with Crippen LogP contribution in [0.1, 0.15) is 6.92 Å². The largest absolute Gasteiger partial charge is 0.383 e. The minimum Gasteiger partial charge on any atom is -0.383 e. The first-order valence-corrected chi connectivity index (χ1v) is 8.08. The lowest BCUT2D eigenvalue weighted by Crippen LogP contribution is -2.36. The molecule has 0 saturated carbocycles. The molecule has 0 aliphatic heterocycles. The number of hydrogen-bond donors (Lipinski definition) is 1. The van der Waals surface area contributed by atoms with Gasteiger partial charge in [-0.3, -0.25) is 4.79 Å². The molecule has 0 spiro atoms. The van der Waals surface area contributed by atoms with Crippen LogP contribution in [0.4, 0.5) is 0 Å². The van der Waals surface area contributed by atoms with Gasteiger partial charge in [0.05, 0.1) is 24.3 Å². The van der Waals surface area contributed by atoms with Crippen molar-refractivity contribution in [2.75, 3.05) is 19.5 Å². The molecule has 1 amide bonds. The number of rotatable bonds is 7. The van der Waals surface area contributed by atoms with Crippen molar-refractivity contribution in [2.45, 2.75) is 18.1 Å². The molecule has 0 bridgehead atoms. The Morgan fingerprint density at radius 2 is 2.14 bits per heavy atom. The smallest absolute Gasteiger partial charge is 0.230 e. The standard InChI is InChI=1S/C16H21N3O2S/c1-12(10-21-3)18-15(20)11-22-16-17-9-14(19(16)2)13-7-5-4-6-8-13/h4-9,12H,10-11H2,1-3H3,(H,18,20). The predicted octanol–water partition coefficient (Wildman–Crippen LogP) is 2.33. The topological polar surface area (TPSA) is 56.1 Å². The molecule has 118 valence electrons. The van der Waals surface area contributed by atoms with Crippen LogP contribution in [0.15, 0.2) is 41.7 Å². The number of ether oxygens (including phenoxy) is 1. The molecule has 6 heteroatoms. The van der Waals surface area contributed by atoms with Crippen LogP contribution in [-0.4, -0.2) is 41.0 Å². The van der Waals surface area contributed by atoms with Crippen LogP contribution in [0.2, 0.25) is 0 Å². The average molecular weight is 319 g/mol. The summed E-state index contributed by atoms with van der Waals surface area (Å²) in [6.45, 7) is 2.43. The lowest BCUT2D eigenvalue weighted by Gasteiger charge is -2.12. The van der Waals surface area contributed by atoms with Gasteiger partial charge in [0, 0.05) is 20.2 Å². The maximum absolute atomic E-state index is 11.9. The monoisotopic (exact) mass is 319 g/mol. The molecule has 22 heavy (non-hydrogen) atoms. The Labute approximate surface area is 135 Å². The van der Waals surface area contributed by atoms with E-state index in [9.17, 15) is 4.79 Å². The quantitative estimate of drug-likeness (QED) is 0.796. The number of amides is 1. The molecule has 0 aliphatic rings. The van der Waals surface area contributed by atoms with Gasteiger partial charge in [-0.1, -0.05) is 42.1 Å². The Balaban J connectivity index is 1.95. The predicted molar refractivity (Wildman–Crippen MR) is 88.8 cm³/mol. The van der Waals surface area contributed by atoms with Crippen molar-refractivity contribution in [2.24, 2.45) is 7.05 Å². The molecule has 1 unspecified atom stereocenters. The molecular formula is C16H21N3O2S. The molecule has 5 nitrogen and oxygen atoms in total. The molecular weight excluding hydrogens is 298 g/mol. The zero-order chi connectivity index (χ0) is 15.9. The number of hydrogen-bond acceptors (Lipinski definition) is 4. The van der Waals surface area contributed by atoms with E-state index in [0.717, 1.165) is 16.4 Å². The van der Waals surface area contributed by atoms with Crippen LogP contribution in [0.25, 0.3) is 11.3 Å². The van der Waals surface area contributed by atoms with E-state index < -0.39 is 0 Å². The van der Waals surface area contributed by atoms with E-state index in [1.165, 1.54) is 11.8 Å². The normalized spacial score (nSPS) is 12.1. The van der Waals surface area contributed by atoms with Crippen molar-refractivity contribution in [3.63, 3.8) is 0 Å². The fraction of sp³-hybridized carbons (Fsp3) is 0.375. The van der Waals surface area contributed by atoms with E-state index in [1.54, 1.807) is 7.11 Å². The Morgan fingerprint density at radius 3 is 2.82 bits per heavy atom. The van der Waals surface area contributed by atoms with Crippen LogP contribution in [0, 0.1) is 0 Å². The first-order chi connectivity index (χ1) is 10.6. The first-order valence-electron chi connectivity index (χ1n) is 7.10. The van der Waals surface area contributed by atoms with Gasteiger partial charge >= 0.3 is 0 Å². The molecule has 1 aromatic heterocycles. The van der Waals surface area contributed by atoms with Crippen molar-refractivity contribution < 1.29 is 9.53 Å². The lowest BCUT2D eigenvalue weighted by atomic mass is 10.2. The summed E-state index contributed by atoms with van der Waals surface area (Å²) in [4.78, 5) is 16.3. The third-order valence-electron chi connectivity index (χ3n) is 3.17. The summed E-state index contributed by atoms with van der Waals surface area (Å²) in [5.41, 5.74) is 2.15. The van der Waals surface area contributed by atoms with Crippen molar-refractivity contribution in [3.8, 4) is 11.3 Å². The van der Waals surface area contributed by atoms with Crippen LogP contribution in [0.5, 0.6) is 0 Å². The zero-order valence-electron chi connectivity index (χ0n) is 13.1. The molecule has 2 aromatic rings. The summed E-state index contributed by atoms with van der Waals surface area (Å²) < 4.78 is 7.01. The van der Waals surface area contributed by atoms with Gasteiger partial charge in [-0.05, 0) is 12.5 Å². The van der Waals surface area contributed by atoms with Gasteiger partial charge in [0.25, 0.3) is 0 Å². The highest BCUT2D eigenvalue weighted by Gasteiger charge is 2.12. The number of nitrogens with one attached hydrogen (secondary N) is 1. The number of carbonyl (C=O) groups excluding carboxylic acids is 1. The fourth-order valence-corrected chi connectivity index (χ4v) is 2.90. The van der Waals surface area contributed by atoms with Crippen molar-refractivity contribution in [3.05, 3.63) is 36.5 Å². The van der Waals surface area contributed by atoms with Gasteiger partial charge in [-0.2, -0.15) is 0 Å². The van der Waals surface area contributed by atoms with Gasteiger partial charge < -0.3 is 14.6 Å². The average Bonchev–Trinajstić information content (AvgIpc) is 2.87. The van der Waals surface area contributed by atoms with Crippen molar-refractivity contribution >= 4 is 17.7 Å². The number of thioether (sulfide) groups is 1. The van der Waals surface area contributed by atoms with Crippen LogP contribution in [0.3, 0.4) is 0 Å². The van der Waals surface area contributed by atoms with Gasteiger partial charge in [-0.25, -0.2) is 4.98 Å². The molecule has 0 aliphatic carbocycles. The number of aromatic nitrogens is 2. The maximum Gasteiger partial charge on any atom is 0.230 e. The molecule has 0 radical (unpaired) electrons. The molecule has 0 saturated heterocycles. The highest BCUT2D eigenvalue weighted by atomic mass is 32.2. The molecule has 0 fully saturated rings. The van der Waals surface area contributed by atoms with E-state index in [2.05, 4.69) is 10.3 Å². The number of nitrogens with zero attached hydrogens (tertiary/aromatic N) is 2. The minimum atomic E-state index is -0.0150. The SMILES string of the molecule is COCC(C)NC(=O)CSc1ncc(-c2ccccc2)n1C. The van der Waals surface area contributed by atoms with Crippen LogP contribution >= 0.6 is 11.8 Å². The summed E-state index contributed by atoms with van der Waals surface area (Å²) in [6.07, 6.45) is 1.84. The highest BCUT2D eigenvalue weighted by Crippen LogP contribution is 2.24. The van der Waals surface area contributed by atoms with E-state index in [1.807, 2.05) is 55.1 Å². The summed E-state index contributed by atoms with van der Waals surface area (Å²) in [5, 5.41) is 3.71. The Kier molecular flexibility index (Phi) is 6.03. The van der Waals surface area contributed by atoms with Gasteiger partial charge in [-0.15, -0.1) is 0 Å². The van der Waals surface area contributed by atoms with E-state index in [4.69, 9.17) is 4.74 Å². The fourth-order valence-electron chi connectivity index (χ4n) is 2.14. The Morgan fingerprint density at radius 1 is 1.41 bits per heavy atom. The van der Waals surface area contributed by atoms with E-state index in [0.29, 0.717) is 12.4 Å². The number of benzene rings is 1. The van der Waals surface area contributed by atoms with E-state index >= 15 is 0 Å². The van der Waals surface area contributed by atoms with Crippen LogP contribution in [-0.2, 0) is 16.6 Å². The Bertz CT molecular complexity index is 613. The van der Waals surface area contributed by atoms with Gasteiger partial charge in [0.15, 0.2) is 5.16 Å². The molecule has 2 rings (SSSR count). The molecule has 1 atom stereocenters. The second-order valence-electron chi connectivity index (χ2n) is 5.06. The summed E-state index contributed by atoms with van der Waals surface area (Å²) in [6, 6.07) is 10.1. The highest BCUT2D eigenvalue weighted by molar-refractivity contribution is 7.99. The third-order valence-corrected chi connectivity index (χ3v) is 4.22. The molecule has 1 heterocycles. The first kappa shape index (κ1) is 16.6. The lowest BCUT2D eigenvalue weighted by molar-refractivity contribution is -0.119. The summed E-state index contributed by atoms with van der Waals surface area (Å²) in [5.74, 6) is 0.325. The zero-order valence-corrected chi connectivity index (χ0v) is 13.9. The second kappa shape index (κ2) is 8.00. The van der Waals surface area contributed by atoms with Gasteiger partial charge in [0.2, 0.25) is 5.91 Å². The minimum absolute atomic E-state index is 0.0133. The maximum atomic E-state index is 11.9. The van der Waals surface area contributed by atoms with Crippen molar-refractivity contribution in [1.29, 1.82) is 0 Å². The summed E-state index contributed by atoms with van der Waals surface area (Å²) in [7, 11) is 3.58. The van der Waals surface area contributed by atoms with Crippen LogP contribution < -0.4 is 5.32 Å². The number of imidazole rings is 1. The number of methoxy groups -OCH3 is 1.